The van der Waals surface area contributed by atoms with E-state index in [1.54, 1.807) is 12.1 Å². The van der Waals surface area contributed by atoms with Crippen molar-refractivity contribution < 1.29 is 19.4 Å². The molecule has 0 bridgehead atoms. The number of fused-ring (bicyclic) bond motifs is 1. The second-order valence-corrected chi connectivity index (χ2v) is 6.77. The van der Waals surface area contributed by atoms with Crippen LogP contribution in [-0.4, -0.2) is 23.6 Å². The number of aryl methyl sites for hydroxylation is 1. The molecule has 25 heavy (non-hydrogen) atoms. The van der Waals surface area contributed by atoms with E-state index in [0.717, 1.165) is 36.1 Å². The van der Waals surface area contributed by atoms with Gasteiger partial charge in [0.25, 0.3) is 5.91 Å². The Morgan fingerprint density at radius 1 is 1.28 bits per heavy atom. The normalized spacial score (nSPS) is 12.8. The molecule has 2 aromatic rings. The van der Waals surface area contributed by atoms with E-state index in [2.05, 4.69) is 11.4 Å². The summed E-state index contributed by atoms with van der Waals surface area (Å²) in [6, 6.07) is 8.12. The van der Waals surface area contributed by atoms with Crippen molar-refractivity contribution in [3.05, 3.63) is 45.8 Å². The van der Waals surface area contributed by atoms with Crippen molar-refractivity contribution in [2.24, 2.45) is 0 Å². The van der Waals surface area contributed by atoms with E-state index in [1.807, 2.05) is 0 Å². The molecule has 1 aromatic carbocycles. The van der Waals surface area contributed by atoms with Crippen molar-refractivity contribution in [2.75, 3.05) is 11.9 Å². The highest BCUT2D eigenvalue weighted by Crippen LogP contribution is 2.37. The molecular formula is C18H16N2O4S. The number of aromatic hydroxyl groups is 1. The van der Waals surface area contributed by atoms with Crippen LogP contribution in [0.3, 0.4) is 0 Å². The van der Waals surface area contributed by atoms with Crippen LogP contribution in [0.1, 0.15) is 39.2 Å². The molecule has 1 heterocycles. The van der Waals surface area contributed by atoms with E-state index in [1.165, 1.54) is 23.5 Å². The van der Waals surface area contributed by atoms with Crippen molar-refractivity contribution in [3.63, 3.8) is 0 Å². The quantitative estimate of drug-likeness (QED) is 0.821. The number of phenols is 1. The Hall–Kier alpha value is -2.85. The van der Waals surface area contributed by atoms with Crippen molar-refractivity contribution >= 4 is 28.2 Å². The number of hydrogen-bond acceptors (Lipinski definition) is 6. The predicted octanol–water partition coefficient (Wildman–Crippen LogP) is 3.00. The number of nitriles is 1. The number of nitrogens with zero attached hydrogens (tertiary/aromatic N) is 1. The van der Waals surface area contributed by atoms with Gasteiger partial charge in [0.2, 0.25) is 0 Å². The molecule has 0 atom stereocenters. The fraction of sp³-hybridized carbons (Fsp3) is 0.278. The standard InChI is InChI=1S/C18H16N2O4S/c19-9-13-11-5-2-4-8-15(11)25-17(13)20-16(22)10-24-18(23)12-6-1-3-7-14(12)21/h1,3,6-7,21H,2,4-5,8,10H2,(H,20,22). The maximum atomic E-state index is 12.1. The number of ether oxygens (including phenoxy) is 1. The van der Waals surface area contributed by atoms with E-state index in [0.29, 0.717) is 10.6 Å². The lowest BCUT2D eigenvalue weighted by Gasteiger charge is -2.09. The second-order valence-electron chi connectivity index (χ2n) is 5.67. The van der Waals surface area contributed by atoms with Gasteiger partial charge in [-0.15, -0.1) is 11.3 Å². The number of para-hydroxylation sites is 1. The molecule has 1 aromatic heterocycles. The van der Waals surface area contributed by atoms with Crippen LogP contribution in [-0.2, 0) is 22.4 Å². The Morgan fingerprint density at radius 2 is 2.04 bits per heavy atom. The minimum absolute atomic E-state index is 0.000369. The summed E-state index contributed by atoms with van der Waals surface area (Å²) in [6.45, 7) is -0.486. The first kappa shape index (κ1) is 17.0. The number of rotatable bonds is 4. The summed E-state index contributed by atoms with van der Waals surface area (Å²) in [6.07, 6.45) is 3.91. The molecule has 0 spiro atoms. The van der Waals surface area contributed by atoms with Gasteiger partial charge in [0.15, 0.2) is 6.61 Å². The van der Waals surface area contributed by atoms with Gasteiger partial charge < -0.3 is 15.2 Å². The fourth-order valence-electron chi connectivity index (χ4n) is 2.79. The largest absolute Gasteiger partial charge is 0.507 e. The van der Waals surface area contributed by atoms with Crippen molar-refractivity contribution in [3.8, 4) is 11.8 Å². The molecule has 0 saturated carbocycles. The molecule has 2 N–H and O–H groups in total. The number of carbonyl (C=O) groups is 2. The Balaban J connectivity index is 1.64. The molecule has 7 heteroatoms. The molecular weight excluding hydrogens is 340 g/mol. The Kier molecular flexibility index (Phi) is 5.00. The number of carbonyl (C=O) groups excluding carboxylic acids is 2. The Bertz CT molecular complexity index is 866. The molecule has 0 aliphatic heterocycles. The van der Waals surface area contributed by atoms with Crippen LogP contribution >= 0.6 is 11.3 Å². The van der Waals surface area contributed by atoms with Gasteiger partial charge in [-0.1, -0.05) is 12.1 Å². The second kappa shape index (κ2) is 7.36. The predicted molar refractivity (Wildman–Crippen MR) is 92.7 cm³/mol. The molecule has 128 valence electrons. The smallest absolute Gasteiger partial charge is 0.342 e. The lowest BCUT2D eigenvalue weighted by atomic mass is 9.96. The van der Waals surface area contributed by atoms with Gasteiger partial charge >= 0.3 is 5.97 Å². The lowest BCUT2D eigenvalue weighted by molar-refractivity contribution is -0.119. The number of thiophene rings is 1. The van der Waals surface area contributed by atoms with Crippen LogP contribution in [0.5, 0.6) is 5.75 Å². The van der Waals surface area contributed by atoms with Crippen molar-refractivity contribution in [1.82, 2.24) is 0 Å². The zero-order chi connectivity index (χ0) is 17.8. The summed E-state index contributed by atoms with van der Waals surface area (Å²) in [5, 5.41) is 22.1. The number of benzene rings is 1. The van der Waals surface area contributed by atoms with Gasteiger partial charge in [0, 0.05) is 4.88 Å². The van der Waals surface area contributed by atoms with Gasteiger partial charge in [-0.2, -0.15) is 5.26 Å². The van der Waals surface area contributed by atoms with Gasteiger partial charge in [-0.05, 0) is 43.4 Å². The van der Waals surface area contributed by atoms with Crippen LogP contribution in [0.4, 0.5) is 5.00 Å². The first-order chi connectivity index (χ1) is 12.1. The van der Waals surface area contributed by atoms with Gasteiger partial charge in [-0.25, -0.2) is 4.79 Å². The highest BCUT2D eigenvalue weighted by Gasteiger charge is 2.22. The summed E-state index contributed by atoms with van der Waals surface area (Å²) in [5.74, 6) is -1.50. The van der Waals surface area contributed by atoms with E-state index in [4.69, 9.17) is 4.74 Å². The lowest BCUT2D eigenvalue weighted by Crippen LogP contribution is -2.21. The summed E-state index contributed by atoms with van der Waals surface area (Å²) in [5.41, 5.74) is 1.54. The van der Waals surface area contributed by atoms with Gasteiger partial charge in [0.1, 0.15) is 22.4 Å². The number of hydrogen-bond donors (Lipinski definition) is 2. The molecule has 3 rings (SSSR count). The molecule has 6 nitrogen and oxygen atoms in total. The monoisotopic (exact) mass is 356 g/mol. The molecule has 1 amide bonds. The van der Waals surface area contributed by atoms with Gasteiger partial charge in [0.05, 0.1) is 5.56 Å². The van der Waals surface area contributed by atoms with Crippen LogP contribution < -0.4 is 5.32 Å². The van der Waals surface area contributed by atoms with Crippen LogP contribution in [0, 0.1) is 11.3 Å². The highest BCUT2D eigenvalue weighted by atomic mass is 32.1. The summed E-state index contributed by atoms with van der Waals surface area (Å²) in [7, 11) is 0. The third-order valence-corrected chi connectivity index (χ3v) is 5.20. The van der Waals surface area contributed by atoms with Crippen molar-refractivity contribution in [2.45, 2.75) is 25.7 Å². The maximum absolute atomic E-state index is 12.1. The topological polar surface area (TPSA) is 99.4 Å². The number of phenolic OH excluding ortho intramolecular Hbond substituents is 1. The van der Waals surface area contributed by atoms with E-state index >= 15 is 0 Å². The molecule has 0 radical (unpaired) electrons. The zero-order valence-corrected chi connectivity index (χ0v) is 14.2. The first-order valence-electron chi connectivity index (χ1n) is 7.89. The molecule has 0 fully saturated rings. The highest BCUT2D eigenvalue weighted by molar-refractivity contribution is 7.16. The van der Waals surface area contributed by atoms with E-state index < -0.39 is 18.5 Å². The minimum atomic E-state index is -0.778. The molecule has 1 aliphatic rings. The maximum Gasteiger partial charge on any atom is 0.342 e. The Labute approximate surface area is 148 Å². The number of esters is 1. The summed E-state index contributed by atoms with van der Waals surface area (Å²) in [4.78, 5) is 25.1. The number of amides is 1. The third-order valence-electron chi connectivity index (χ3n) is 3.99. The molecule has 0 unspecified atom stereocenters. The summed E-state index contributed by atoms with van der Waals surface area (Å²) >= 11 is 1.41. The SMILES string of the molecule is N#Cc1c(NC(=O)COC(=O)c2ccccc2O)sc2c1CCCC2. The molecule has 1 aliphatic carbocycles. The Morgan fingerprint density at radius 3 is 2.80 bits per heavy atom. The zero-order valence-electron chi connectivity index (χ0n) is 13.4. The third kappa shape index (κ3) is 3.64. The van der Waals surface area contributed by atoms with Crippen LogP contribution in [0.25, 0.3) is 0 Å². The minimum Gasteiger partial charge on any atom is -0.507 e. The average molecular weight is 356 g/mol. The van der Waals surface area contributed by atoms with E-state index in [-0.39, 0.29) is 11.3 Å². The van der Waals surface area contributed by atoms with Gasteiger partial charge in [-0.3, -0.25) is 4.79 Å². The van der Waals surface area contributed by atoms with Crippen LogP contribution in [0.15, 0.2) is 24.3 Å². The fourth-order valence-corrected chi connectivity index (χ4v) is 4.05. The molecule has 0 saturated heterocycles. The van der Waals surface area contributed by atoms with E-state index in [9.17, 15) is 20.0 Å². The number of nitrogens with one attached hydrogen (secondary N) is 1. The van der Waals surface area contributed by atoms with Crippen LogP contribution in [0.2, 0.25) is 0 Å². The first-order valence-corrected chi connectivity index (χ1v) is 8.71. The number of anilines is 1. The van der Waals surface area contributed by atoms with Crippen molar-refractivity contribution in [1.29, 1.82) is 5.26 Å². The average Bonchev–Trinajstić information content (AvgIpc) is 2.97. The summed E-state index contributed by atoms with van der Waals surface area (Å²) < 4.78 is 4.93.